The lowest BCUT2D eigenvalue weighted by Gasteiger charge is -2.29. The highest BCUT2D eigenvalue weighted by Crippen LogP contribution is 2.23. The van der Waals surface area contributed by atoms with E-state index in [4.69, 9.17) is 0 Å². The minimum absolute atomic E-state index is 0.0399. The monoisotopic (exact) mass is 355 g/mol. The van der Waals surface area contributed by atoms with E-state index in [0.717, 1.165) is 30.3 Å². The second-order valence-corrected chi connectivity index (χ2v) is 7.24. The normalized spacial score (nSPS) is 20.7. The molecular formula is C19H25N5O2. The molecule has 1 aliphatic carbocycles. The van der Waals surface area contributed by atoms with Crippen LogP contribution in [0.3, 0.4) is 0 Å². The van der Waals surface area contributed by atoms with Crippen LogP contribution in [0.2, 0.25) is 0 Å². The van der Waals surface area contributed by atoms with Gasteiger partial charge in [0.2, 0.25) is 11.7 Å². The van der Waals surface area contributed by atoms with Crippen LogP contribution >= 0.6 is 0 Å². The predicted molar refractivity (Wildman–Crippen MR) is 100 cm³/mol. The van der Waals surface area contributed by atoms with Gasteiger partial charge in [-0.1, -0.05) is 31.9 Å². The van der Waals surface area contributed by atoms with E-state index in [0.29, 0.717) is 18.2 Å². The molecule has 1 saturated carbocycles. The topological polar surface area (TPSA) is 73.3 Å². The zero-order valence-electron chi connectivity index (χ0n) is 15.3. The molecule has 7 heteroatoms. The lowest BCUT2D eigenvalue weighted by Crippen LogP contribution is -2.43. The van der Waals surface area contributed by atoms with Crippen LogP contribution in [0, 0.1) is 5.92 Å². The first kappa shape index (κ1) is 16.9. The molecule has 0 saturated heterocycles. The molecule has 0 aliphatic heterocycles. The summed E-state index contributed by atoms with van der Waals surface area (Å²) in [6.07, 6.45) is 4.54. The molecule has 2 heterocycles. The summed E-state index contributed by atoms with van der Waals surface area (Å²) in [6.45, 7) is 4.87. The first-order chi connectivity index (χ1) is 12.6. The Morgan fingerprint density at radius 1 is 1.23 bits per heavy atom. The van der Waals surface area contributed by atoms with Crippen molar-refractivity contribution in [2.45, 2.75) is 58.7 Å². The Morgan fingerprint density at radius 2 is 1.96 bits per heavy atom. The summed E-state index contributed by atoms with van der Waals surface area (Å²) in [6, 6.07) is 7.95. The molecule has 0 unspecified atom stereocenters. The van der Waals surface area contributed by atoms with Gasteiger partial charge in [0.05, 0.1) is 11.0 Å². The van der Waals surface area contributed by atoms with Crippen LogP contribution in [0.4, 0.5) is 0 Å². The fourth-order valence-electron chi connectivity index (χ4n) is 4.11. The van der Waals surface area contributed by atoms with Gasteiger partial charge in [-0.05, 0) is 37.8 Å². The maximum Gasteiger partial charge on any atom is 0.352 e. The molecule has 138 valence electrons. The number of benzene rings is 1. The van der Waals surface area contributed by atoms with Crippen molar-refractivity contribution in [1.29, 1.82) is 0 Å². The number of hydrogen-bond acceptors (Lipinski definition) is 3. The smallest absolute Gasteiger partial charge is 0.351 e. The average Bonchev–Trinajstić information content (AvgIpc) is 3.11. The molecule has 1 amide bonds. The Morgan fingerprint density at radius 3 is 2.69 bits per heavy atom. The number of aryl methyl sites for hydroxylation is 1. The van der Waals surface area contributed by atoms with E-state index in [1.165, 1.54) is 11.1 Å². The summed E-state index contributed by atoms with van der Waals surface area (Å²) < 4.78 is 4.86. The number of para-hydroxylation sites is 2. The highest BCUT2D eigenvalue weighted by Gasteiger charge is 2.24. The average molecular weight is 355 g/mol. The van der Waals surface area contributed by atoms with Crippen molar-refractivity contribution in [2.75, 3.05) is 0 Å². The number of imidazole rings is 1. The van der Waals surface area contributed by atoms with Crippen molar-refractivity contribution < 1.29 is 4.79 Å². The lowest BCUT2D eigenvalue weighted by molar-refractivity contribution is -0.123. The minimum atomic E-state index is -0.268. The van der Waals surface area contributed by atoms with Crippen LogP contribution in [-0.4, -0.2) is 30.7 Å². The molecule has 1 fully saturated rings. The highest BCUT2D eigenvalue weighted by molar-refractivity contribution is 5.81. The number of carbonyl (C=O) groups excluding carboxylic acids is 1. The van der Waals surface area contributed by atoms with Crippen molar-refractivity contribution in [3.05, 3.63) is 34.7 Å². The molecule has 3 aromatic rings. The van der Waals surface area contributed by atoms with Gasteiger partial charge in [-0.3, -0.25) is 4.79 Å². The van der Waals surface area contributed by atoms with E-state index in [-0.39, 0.29) is 24.2 Å². The molecule has 0 spiro atoms. The summed E-state index contributed by atoms with van der Waals surface area (Å²) in [5.74, 6) is 0.926. The Bertz CT molecular complexity index is 1010. The number of hydrogen-bond donors (Lipinski definition) is 1. The van der Waals surface area contributed by atoms with Crippen molar-refractivity contribution in [1.82, 2.24) is 24.1 Å². The molecule has 4 rings (SSSR count). The van der Waals surface area contributed by atoms with Gasteiger partial charge < -0.3 is 9.88 Å². The third-order valence-electron chi connectivity index (χ3n) is 5.54. The molecular weight excluding hydrogens is 330 g/mol. The van der Waals surface area contributed by atoms with Crippen molar-refractivity contribution >= 4 is 22.7 Å². The fraction of sp³-hybridized carbons (Fsp3) is 0.526. The largest absolute Gasteiger partial charge is 0.352 e. The standard InChI is InChI=1S/C19H25N5O2/c1-3-22-15-10-6-7-11-16(15)24-18(22)21-23(19(24)26)12-17(25)20-14-9-5-4-8-13(14)2/h6-7,10-11,13-14H,3-5,8-9,12H2,1-2H3,(H,20,25)/t13-,14+/m0/s1. The van der Waals surface area contributed by atoms with Gasteiger partial charge >= 0.3 is 5.69 Å². The van der Waals surface area contributed by atoms with E-state index < -0.39 is 0 Å². The second-order valence-electron chi connectivity index (χ2n) is 7.24. The molecule has 1 N–H and O–H groups in total. The lowest BCUT2D eigenvalue weighted by atomic mass is 9.86. The number of nitrogens with one attached hydrogen (secondary N) is 1. The van der Waals surface area contributed by atoms with Gasteiger partial charge in [0.1, 0.15) is 6.54 Å². The number of amides is 1. The molecule has 0 bridgehead atoms. The summed E-state index contributed by atoms with van der Waals surface area (Å²) >= 11 is 0. The van der Waals surface area contributed by atoms with Gasteiger partial charge in [0.15, 0.2) is 0 Å². The molecule has 26 heavy (non-hydrogen) atoms. The molecule has 2 aromatic heterocycles. The maximum atomic E-state index is 12.8. The van der Waals surface area contributed by atoms with Crippen LogP contribution in [0.15, 0.2) is 29.1 Å². The number of rotatable bonds is 4. The van der Waals surface area contributed by atoms with E-state index in [1.54, 1.807) is 4.40 Å². The van der Waals surface area contributed by atoms with Crippen LogP contribution in [0.5, 0.6) is 0 Å². The molecule has 2 atom stereocenters. The van der Waals surface area contributed by atoms with Crippen LogP contribution < -0.4 is 11.0 Å². The second kappa shape index (κ2) is 6.63. The van der Waals surface area contributed by atoms with Gasteiger partial charge in [0.25, 0.3) is 0 Å². The predicted octanol–water partition coefficient (Wildman–Crippen LogP) is 2.17. The molecule has 7 nitrogen and oxygen atoms in total. The van der Waals surface area contributed by atoms with E-state index >= 15 is 0 Å². The van der Waals surface area contributed by atoms with E-state index in [9.17, 15) is 9.59 Å². The first-order valence-electron chi connectivity index (χ1n) is 9.46. The maximum absolute atomic E-state index is 12.8. The van der Waals surface area contributed by atoms with Crippen molar-refractivity contribution in [3.63, 3.8) is 0 Å². The van der Waals surface area contributed by atoms with Crippen LogP contribution in [0.1, 0.15) is 39.5 Å². The Balaban J connectivity index is 1.64. The first-order valence-corrected chi connectivity index (χ1v) is 9.46. The SMILES string of the molecule is CCn1c2ccccc2n2c(=O)n(CC(=O)N[C@@H]3CCCC[C@@H]3C)nc12. The molecule has 0 radical (unpaired) electrons. The number of nitrogens with zero attached hydrogens (tertiary/aromatic N) is 4. The highest BCUT2D eigenvalue weighted by atomic mass is 16.2. The summed E-state index contributed by atoms with van der Waals surface area (Å²) in [5.41, 5.74) is 1.53. The summed E-state index contributed by atoms with van der Waals surface area (Å²) in [5, 5.41) is 7.53. The van der Waals surface area contributed by atoms with Crippen LogP contribution in [0.25, 0.3) is 16.8 Å². The van der Waals surface area contributed by atoms with Crippen LogP contribution in [-0.2, 0) is 17.9 Å². The fourth-order valence-corrected chi connectivity index (χ4v) is 4.11. The molecule has 1 aromatic carbocycles. The Labute approximate surface area is 151 Å². The number of aromatic nitrogens is 4. The third kappa shape index (κ3) is 2.71. The zero-order chi connectivity index (χ0) is 18.3. The van der Waals surface area contributed by atoms with Gasteiger partial charge in [0, 0.05) is 12.6 Å². The number of fused-ring (bicyclic) bond motifs is 3. The van der Waals surface area contributed by atoms with Crippen molar-refractivity contribution in [3.8, 4) is 0 Å². The van der Waals surface area contributed by atoms with E-state index in [1.807, 2.05) is 35.8 Å². The van der Waals surface area contributed by atoms with E-state index in [2.05, 4.69) is 17.3 Å². The minimum Gasteiger partial charge on any atom is -0.351 e. The Hall–Kier alpha value is -2.57. The number of carbonyl (C=O) groups is 1. The van der Waals surface area contributed by atoms with Gasteiger partial charge in [-0.15, -0.1) is 5.10 Å². The third-order valence-corrected chi connectivity index (χ3v) is 5.54. The summed E-state index contributed by atoms with van der Waals surface area (Å²) in [4.78, 5) is 25.3. The van der Waals surface area contributed by atoms with Crippen molar-refractivity contribution in [2.24, 2.45) is 5.92 Å². The van der Waals surface area contributed by atoms with Gasteiger partial charge in [-0.25, -0.2) is 13.9 Å². The quantitative estimate of drug-likeness (QED) is 0.779. The van der Waals surface area contributed by atoms with Gasteiger partial charge in [-0.2, -0.15) is 0 Å². The zero-order valence-corrected chi connectivity index (χ0v) is 15.3. The Kier molecular flexibility index (Phi) is 4.30. The summed E-state index contributed by atoms with van der Waals surface area (Å²) in [7, 11) is 0. The molecule has 1 aliphatic rings.